The lowest BCUT2D eigenvalue weighted by molar-refractivity contribution is 0.500. The first-order chi connectivity index (χ1) is 9.38. The molecule has 0 amide bonds. The zero-order valence-electron chi connectivity index (χ0n) is 14.2. The van der Waals surface area contributed by atoms with Crippen LogP contribution in [0.15, 0.2) is 6.07 Å². The number of nitrogens with zero attached hydrogens (tertiary/aromatic N) is 2. The third-order valence-corrected chi connectivity index (χ3v) is 4.09. The molecule has 0 spiro atoms. The van der Waals surface area contributed by atoms with Crippen molar-refractivity contribution in [1.82, 2.24) is 10.3 Å². The predicted octanol–water partition coefficient (Wildman–Crippen LogP) is 3.68. The Labute approximate surface area is 124 Å². The van der Waals surface area contributed by atoms with Gasteiger partial charge in [0.1, 0.15) is 5.82 Å². The molecule has 0 aliphatic rings. The number of aromatic nitrogens is 1. The van der Waals surface area contributed by atoms with Crippen LogP contribution in [0.2, 0.25) is 0 Å². The summed E-state index contributed by atoms with van der Waals surface area (Å²) in [6.45, 7) is 15.2. The molecular formula is C17H31N3. The van der Waals surface area contributed by atoms with E-state index in [4.69, 9.17) is 4.98 Å². The Bertz CT molecular complexity index is 426. The second-order valence-corrected chi connectivity index (χ2v) is 6.15. The van der Waals surface area contributed by atoms with Gasteiger partial charge in [0.2, 0.25) is 0 Å². The molecule has 114 valence electrons. The minimum absolute atomic E-state index is 0.480. The van der Waals surface area contributed by atoms with Crippen molar-refractivity contribution in [2.45, 2.75) is 60.5 Å². The fourth-order valence-electron chi connectivity index (χ4n) is 2.38. The Morgan fingerprint density at radius 2 is 1.90 bits per heavy atom. The van der Waals surface area contributed by atoms with E-state index in [1.54, 1.807) is 0 Å². The predicted molar refractivity (Wildman–Crippen MR) is 88.4 cm³/mol. The monoisotopic (exact) mass is 277 g/mol. The van der Waals surface area contributed by atoms with Crippen LogP contribution >= 0.6 is 0 Å². The normalized spacial score (nSPS) is 12.8. The van der Waals surface area contributed by atoms with Crippen LogP contribution in [0.5, 0.6) is 0 Å². The zero-order chi connectivity index (χ0) is 15.3. The number of anilines is 1. The summed E-state index contributed by atoms with van der Waals surface area (Å²) in [4.78, 5) is 7.13. The smallest absolute Gasteiger partial charge is 0.133 e. The number of aryl methyl sites for hydroxylation is 2. The number of rotatable bonds is 7. The van der Waals surface area contributed by atoms with Gasteiger partial charge < -0.3 is 10.2 Å². The van der Waals surface area contributed by atoms with Crippen LogP contribution in [0.3, 0.4) is 0 Å². The largest absolute Gasteiger partial charge is 0.356 e. The van der Waals surface area contributed by atoms with Gasteiger partial charge in [-0.1, -0.05) is 20.8 Å². The zero-order valence-corrected chi connectivity index (χ0v) is 14.2. The molecule has 0 bridgehead atoms. The van der Waals surface area contributed by atoms with Crippen molar-refractivity contribution < 1.29 is 0 Å². The van der Waals surface area contributed by atoms with E-state index < -0.39 is 0 Å². The molecule has 0 aliphatic heterocycles. The molecule has 3 heteroatoms. The molecule has 0 fully saturated rings. The first-order valence-corrected chi connectivity index (χ1v) is 7.79. The molecule has 1 N–H and O–H groups in total. The van der Waals surface area contributed by atoms with E-state index in [-0.39, 0.29) is 0 Å². The van der Waals surface area contributed by atoms with E-state index in [0.29, 0.717) is 12.0 Å². The fraction of sp³-hybridized carbons (Fsp3) is 0.706. The van der Waals surface area contributed by atoms with Crippen LogP contribution in [0.1, 0.15) is 50.9 Å². The molecule has 0 radical (unpaired) electrons. The Hall–Kier alpha value is -1.09. The Balaban J connectivity index is 3.08. The van der Waals surface area contributed by atoms with Gasteiger partial charge in [-0.15, -0.1) is 0 Å². The average Bonchev–Trinajstić information content (AvgIpc) is 2.39. The molecule has 0 saturated heterocycles. The van der Waals surface area contributed by atoms with Gasteiger partial charge in [-0.3, -0.25) is 0 Å². The molecule has 1 unspecified atom stereocenters. The molecule has 0 aliphatic carbocycles. The molecular weight excluding hydrogens is 246 g/mol. The molecule has 0 saturated carbocycles. The first-order valence-electron chi connectivity index (χ1n) is 7.79. The average molecular weight is 277 g/mol. The minimum atomic E-state index is 0.480. The Kier molecular flexibility index (Phi) is 6.47. The van der Waals surface area contributed by atoms with E-state index in [1.165, 1.54) is 11.1 Å². The molecule has 1 aromatic heterocycles. The number of pyridine rings is 1. The third-order valence-electron chi connectivity index (χ3n) is 4.09. The fourth-order valence-corrected chi connectivity index (χ4v) is 2.38. The second-order valence-electron chi connectivity index (χ2n) is 6.15. The first kappa shape index (κ1) is 17.0. The van der Waals surface area contributed by atoms with Gasteiger partial charge >= 0.3 is 0 Å². The lowest BCUT2D eigenvalue weighted by atomic mass is 10.0. The summed E-state index contributed by atoms with van der Waals surface area (Å²) in [6, 6.07) is 2.66. The molecule has 3 nitrogen and oxygen atoms in total. The van der Waals surface area contributed by atoms with Crippen molar-refractivity contribution in [3.63, 3.8) is 0 Å². The second kappa shape index (κ2) is 7.63. The van der Waals surface area contributed by atoms with E-state index in [9.17, 15) is 0 Å². The lowest BCUT2D eigenvalue weighted by Gasteiger charge is -2.31. The summed E-state index contributed by atoms with van der Waals surface area (Å²) in [5.41, 5.74) is 3.76. The van der Waals surface area contributed by atoms with Gasteiger partial charge in [-0.2, -0.15) is 0 Å². The molecule has 1 aromatic rings. The summed E-state index contributed by atoms with van der Waals surface area (Å²) in [6.07, 6.45) is 1.16. The van der Waals surface area contributed by atoms with Crippen LogP contribution in [-0.4, -0.2) is 24.6 Å². The van der Waals surface area contributed by atoms with Crippen LogP contribution < -0.4 is 10.2 Å². The number of nitrogens with one attached hydrogen (secondary N) is 1. The van der Waals surface area contributed by atoms with E-state index in [2.05, 4.69) is 64.9 Å². The molecule has 1 atom stereocenters. The van der Waals surface area contributed by atoms with Gasteiger partial charge in [-0.05, 0) is 51.3 Å². The maximum Gasteiger partial charge on any atom is 0.133 e. The standard InChI is InChI=1S/C17H31N3/c1-8-9-18-11-16-13(4)10-14(5)19-17(16)20(7)15(6)12(2)3/h10,12,15,18H,8-9,11H2,1-7H3. The quantitative estimate of drug-likeness (QED) is 0.771. The SMILES string of the molecule is CCCNCc1c(C)cc(C)nc1N(C)C(C)C(C)C. The molecule has 20 heavy (non-hydrogen) atoms. The Morgan fingerprint density at radius 1 is 1.25 bits per heavy atom. The summed E-state index contributed by atoms with van der Waals surface area (Å²) < 4.78 is 0. The summed E-state index contributed by atoms with van der Waals surface area (Å²) >= 11 is 0. The van der Waals surface area contributed by atoms with Crippen LogP contribution in [-0.2, 0) is 6.54 Å². The van der Waals surface area contributed by atoms with Crippen molar-refractivity contribution in [1.29, 1.82) is 0 Å². The number of hydrogen-bond acceptors (Lipinski definition) is 3. The van der Waals surface area contributed by atoms with Crippen molar-refractivity contribution in [3.05, 3.63) is 22.9 Å². The van der Waals surface area contributed by atoms with E-state index in [1.807, 2.05) is 0 Å². The van der Waals surface area contributed by atoms with E-state index >= 15 is 0 Å². The highest BCUT2D eigenvalue weighted by atomic mass is 15.2. The third kappa shape index (κ3) is 4.20. The van der Waals surface area contributed by atoms with Crippen molar-refractivity contribution >= 4 is 5.82 Å². The van der Waals surface area contributed by atoms with Crippen LogP contribution in [0.4, 0.5) is 5.82 Å². The van der Waals surface area contributed by atoms with Crippen LogP contribution in [0, 0.1) is 19.8 Å². The summed E-state index contributed by atoms with van der Waals surface area (Å²) in [5.74, 6) is 1.74. The highest BCUT2D eigenvalue weighted by Gasteiger charge is 2.19. The Morgan fingerprint density at radius 3 is 2.45 bits per heavy atom. The van der Waals surface area contributed by atoms with E-state index in [0.717, 1.165) is 31.0 Å². The van der Waals surface area contributed by atoms with Gasteiger partial charge in [0.15, 0.2) is 0 Å². The summed E-state index contributed by atoms with van der Waals surface area (Å²) in [7, 11) is 2.16. The van der Waals surface area contributed by atoms with Gasteiger partial charge in [0.05, 0.1) is 0 Å². The topological polar surface area (TPSA) is 28.2 Å². The maximum atomic E-state index is 4.80. The maximum absolute atomic E-state index is 4.80. The van der Waals surface area contributed by atoms with Gasteiger partial charge in [0.25, 0.3) is 0 Å². The minimum Gasteiger partial charge on any atom is -0.356 e. The highest BCUT2D eigenvalue weighted by Crippen LogP contribution is 2.25. The molecule has 1 rings (SSSR count). The van der Waals surface area contributed by atoms with Gasteiger partial charge in [0, 0.05) is 30.9 Å². The molecule has 1 heterocycles. The highest BCUT2D eigenvalue weighted by molar-refractivity contribution is 5.51. The summed E-state index contributed by atoms with van der Waals surface area (Å²) in [5, 5.41) is 3.51. The molecule has 0 aromatic carbocycles. The van der Waals surface area contributed by atoms with Crippen molar-refractivity contribution in [3.8, 4) is 0 Å². The lowest BCUT2D eigenvalue weighted by Crippen LogP contribution is -2.35. The number of hydrogen-bond donors (Lipinski definition) is 1. The van der Waals surface area contributed by atoms with Crippen molar-refractivity contribution in [2.24, 2.45) is 5.92 Å². The van der Waals surface area contributed by atoms with Crippen LogP contribution in [0.25, 0.3) is 0 Å². The van der Waals surface area contributed by atoms with Gasteiger partial charge in [-0.25, -0.2) is 4.98 Å². The van der Waals surface area contributed by atoms with Crippen molar-refractivity contribution in [2.75, 3.05) is 18.5 Å².